The smallest absolute Gasteiger partial charge is 0.240 e. The lowest BCUT2D eigenvalue weighted by Crippen LogP contribution is -2.43. The number of hydrogen-bond donors (Lipinski definition) is 1. The fourth-order valence-electron chi connectivity index (χ4n) is 4.35. The van der Waals surface area contributed by atoms with Crippen LogP contribution >= 0.6 is 0 Å². The molecule has 1 N–H and O–H groups in total. The molecule has 1 saturated heterocycles. The molecule has 1 aromatic carbocycles. The van der Waals surface area contributed by atoms with Crippen LogP contribution in [-0.4, -0.2) is 48.6 Å². The van der Waals surface area contributed by atoms with Gasteiger partial charge in [0.15, 0.2) is 0 Å². The van der Waals surface area contributed by atoms with Gasteiger partial charge in [0, 0.05) is 31.7 Å². The Morgan fingerprint density at radius 2 is 1.97 bits per heavy atom. The number of likely N-dealkylation sites (tertiary alicyclic amines) is 1. The van der Waals surface area contributed by atoms with Gasteiger partial charge in [-0.05, 0) is 63.6 Å². The SMILES string of the molecule is Cc1ccc(S(=O)(=O)NC[C@H]2CCCN(C(=O)CCc3c(C)nn(CCC#N)c3C)C2)cc1. The summed E-state index contributed by atoms with van der Waals surface area (Å²) in [6.07, 6.45) is 3.18. The third-order valence-electron chi connectivity index (χ3n) is 6.32. The molecule has 0 radical (unpaired) electrons. The van der Waals surface area contributed by atoms with Crippen molar-refractivity contribution in [1.82, 2.24) is 19.4 Å². The van der Waals surface area contributed by atoms with Crippen LogP contribution in [0.2, 0.25) is 0 Å². The minimum absolute atomic E-state index is 0.0877. The van der Waals surface area contributed by atoms with Crippen LogP contribution in [-0.2, 0) is 27.8 Å². The molecule has 0 unspecified atom stereocenters. The first kappa shape index (κ1) is 24.9. The molecule has 0 bridgehead atoms. The van der Waals surface area contributed by atoms with E-state index in [2.05, 4.69) is 15.9 Å². The molecule has 2 aromatic rings. The number of rotatable bonds is 9. The highest BCUT2D eigenvalue weighted by Crippen LogP contribution is 2.20. The highest BCUT2D eigenvalue weighted by Gasteiger charge is 2.25. The zero-order chi connectivity index (χ0) is 24.0. The van der Waals surface area contributed by atoms with Gasteiger partial charge < -0.3 is 4.90 Å². The van der Waals surface area contributed by atoms with Crippen LogP contribution in [0.15, 0.2) is 29.2 Å². The second-order valence-electron chi connectivity index (χ2n) is 8.79. The van der Waals surface area contributed by atoms with E-state index in [-0.39, 0.29) is 16.7 Å². The predicted molar refractivity (Wildman–Crippen MR) is 126 cm³/mol. The summed E-state index contributed by atoms with van der Waals surface area (Å²) in [6, 6.07) is 8.93. The number of aromatic nitrogens is 2. The standard InChI is InChI=1S/C24H33N5O3S/c1-18-7-9-22(10-8-18)33(31,32)26-16-21-6-4-14-28(17-21)24(30)12-11-23-19(2)27-29(20(23)3)15-5-13-25/h7-10,21,26H,4-6,11-12,14-17H2,1-3H3/t21-/m1/s1. The number of nitriles is 1. The first-order valence-electron chi connectivity index (χ1n) is 11.4. The van der Waals surface area contributed by atoms with Crippen molar-refractivity contribution in [1.29, 1.82) is 5.26 Å². The van der Waals surface area contributed by atoms with Crippen molar-refractivity contribution < 1.29 is 13.2 Å². The molecule has 0 spiro atoms. The van der Waals surface area contributed by atoms with Crippen LogP contribution in [0.1, 0.15) is 48.2 Å². The van der Waals surface area contributed by atoms with Gasteiger partial charge in [-0.25, -0.2) is 13.1 Å². The Morgan fingerprint density at radius 1 is 1.24 bits per heavy atom. The Bertz CT molecular complexity index is 1120. The highest BCUT2D eigenvalue weighted by atomic mass is 32.2. The van der Waals surface area contributed by atoms with E-state index in [4.69, 9.17) is 5.26 Å². The molecule has 1 aliphatic heterocycles. The van der Waals surface area contributed by atoms with Crippen LogP contribution in [0.25, 0.3) is 0 Å². The second-order valence-corrected chi connectivity index (χ2v) is 10.6. The molecule has 0 aliphatic carbocycles. The Kier molecular flexibility index (Phi) is 8.27. The number of aryl methyl sites for hydroxylation is 3. The van der Waals surface area contributed by atoms with Crippen molar-refractivity contribution >= 4 is 15.9 Å². The van der Waals surface area contributed by atoms with Crippen LogP contribution in [0.5, 0.6) is 0 Å². The summed E-state index contributed by atoms with van der Waals surface area (Å²) in [5.74, 6) is 0.185. The highest BCUT2D eigenvalue weighted by molar-refractivity contribution is 7.89. The number of benzene rings is 1. The molecule has 0 saturated carbocycles. The summed E-state index contributed by atoms with van der Waals surface area (Å²) in [7, 11) is -3.56. The minimum Gasteiger partial charge on any atom is -0.342 e. The zero-order valence-electron chi connectivity index (χ0n) is 19.7. The van der Waals surface area contributed by atoms with Gasteiger partial charge in [-0.15, -0.1) is 0 Å². The zero-order valence-corrected chi connectivity index (χ0v) is 20.5. The predicted octanol–water partition coefficient (Wildman–Crippen LogP) is 2.87. The van der Waals surface area contributed by atoms with E-state index in [1.165, 1.54) is 0 Å². The molecule has 178 valence electrons. The van der Waals surface area contributed by atoms with Gasteiger partial charge in [-0.1, -0.05) is 17.7 Å². The number of piperidine rings is 1. The third kappa shape index (κ3) is 6.42. The molecule has 3 rings (SSSR count). The van der Waals surface area contributed by atoms with Gasteiger partial charge in [-0.3, -0.25) is 9.48 Å². The summed E-state index contributed by atoms with van der Waals surface area (Å²) in [6.45, 7) is 7.99. The van der Waals surface area contributed by atoms with Crippen molar-refractivity contribution in [3.05, 3.63) is 46.8 Å². The molecule has 1 aromatic heterocycles. The van der Waals surface area contributed by atoms with Crippen molar-refractivity contribution in [2.75, 3.05) is 19.6 Å². The molecule has 1 amide bonds. The van der Waals surface area contributed by atoms with Gasteiger partial charge in [-0.2, -0.15) is 10.4 Å². The molecule has 1 fully saturated rings. The topological polar surface area (TPSA) is 108 Å². The maximum absolute atomic E-state index is 12.9. The monoisotopic (exact) mass is 471 g/mol. The lowest BCUT2D eigenvalue weighted by atomic mass is 9.97. The summed E-state index contributed by atoms with van der Waals surface area (Å²) in [5, 5.41) is 13.3. The molecule has 1 atom stereocenters. The van der Waals surface area contributed by atoms with Crippen LogP contribution in [0.4, 0.5) is 0 Å². The lowest BCUT2D eigenvalue weighted by Gasteiger charge is -2.33. The number of amides is 1. The maximum Gasteiger partial charge on any atom is 0.240 e. The number of nitrogens with zero attached hydrogens (tertiary/aromatic N) is 4. The molecule has 33 heavy (non-hydrogen) atoms. The van der Waals surface area contributed by atoms with Crippen LogP contribution < -0.4 is 4.72 Å². The number of nitrogens with one attached hydrogen (secondary N) is 1. The first-order valence-corrected chi connectivity index (χ1v) is 12.9. The summed E-state index contributed by atoms with van der Waals surface area (Å²) >= 11 is 0. The fraction of sp³-hybridized carbons (Fsp3) is 0.542. The number of sulfonamides is 1. The summed E-state index contributed by atoms with van der Waals surface area (Å²) < 4.78 is 29.7. The van der Waals surface area contributed by atoms with Crippen molar-refractivity contribution in [2.45, 2.75) is 64.3 Å². The van der Waals surface area contributed by atoms with Gasteiger partial charge in [0.05, 0.1) is 29.6 Å². The van der Waals surface area contributed by atoms with Crippen molar-refractivity contribution in [2.24, 2.45) is 5.92 Å². The normalized spacial score (nSPS) is 16.5. The van der Waals surface area contributed by atoms with Gasteiger partial charge in [0.2, 0.25) is 15.9 Å². The van der Waals surface area contributed by atoms with E-state index < -0.39 is 10.0 Å². The van der Waals surface area contributed by atoms with Crippen molar-refractivity contribution in [3.63, 3.8) is 0 Å². The first-order chi connectivity index (χ1) is 15.7. The van der Waals surface area contributed by atoms with E-state index in [9.17, 15) is 13.2 Å². The minimum atomic E-state index is -3.56. The Labute approximate surface area is 196 Å². The molecule has 1 aliphatic rings. The van der Waals surface area contributed by atoms with E-state index in [0.717, 1.165) is 35.4 Å². The number of carbonyl (C=O) groups excluding carboxylic acids is 1. The average molecular weight is 472 g/mol. The van der Waals surface area contributed by atoms with E-state index in [0.29, 0.717) is 45.4 Å². The summed E-state index contributed by atoms with van der Waals surface area (Å²) in [4.78, 5) is 15.0. The number of carbonyl (C=O) groups is 1. The van der Waals surface area contributed by atoms with Gasteiger partial charge in [0.25, 0.3) is 0 Å². The molecule has 8 nitrogen and oxygen atoms in total. The van der Waals surface area contributed by atoms with Gasteiger partial charge >= 0.3 is 0 Å². The fourth-order valence-corrected chi connectivity index (χ4v) is 5.46. The van der Waals surface area contributed by atoms with Gasteiger partial charge in [0.1, 0.15) is 0 Å². The maximum atomic E-state index is 12.9. The lowest BCUT2D eigenvalue weighted by molar-refractivity contribution is -0.132. The molecule has 2 heterocycles. The average Bonchev–Trinajstić information content (AvgIpc) is 3.07. The molecule has 9 heteroatoms. The van der Waals surface area contributed by atoms with E-state index in [1.54, 1.807) is 24.3 Å². The molecular formula is C24H33N5O3S. The van der Waals surface area contributed by atoms with E-state index >= 15 is 0 Å². The largest absolute Gasteiger partial charge is 0.342 e. The third-order valence-corrected chi connectivity index (χ3v) is 7.76. The van der Waals surface area contributed by atoms with Crippen LogP contribution in [0.3, 0.4) is 0 Å². The van der Waals surface area contributed by atoms with E-state index in [1.807, 2.05) is 30.4 Å². The Hall–Kier alpha value is -2.70. The Morgan fingerprint density at radius 3 is 2.67 bits per heavy atom. The second kappa shape index (κ2) is 10.9. The van der Waals surface area contributed by atoms with Crippen LogP contribution in [0, 0.1) is 38.0 Å². The Balaban J connectivity index is 1.53. The molecular weight excluding hydrogens is 438 g/mol. The summed E-state index contributed by atoms with van der Waals surface area (Å²) in [5.41, 5.74) is 3.99. The quantitative estimate of drug-likeness (QED) is 0.605. The number of hydrogen-bond acceptors (Lipinski definition) is 5. The van der Waals surface area contributed by atoms with Crippen molar-refractivity contribution in [3.8, 4) is 6.07 Å².